The van der Waals surface area contributed by atoms with E-state index >= 15 is 4.39 Å². The number of rotatable bonds is 6. The van der Waals surface area contributed by atoms with Crippen LogP contribution in [0.2, 0.25) is 15.1 Å². The first-order chi connectivity index (χ1) is 16.9. The molecule has 1 unspecified atom stereocenters. The third kappa shape index (κ3) is 4.96. The van der Waals surface area contributed by atoms with Gasteiger partial charge < -0.3 is 14.4 Å². The average molecular weight is 552 g/mol. The van der Waals surface area contributed by atoms with Gasteiger partial charge in [0, 0.05) is 23.4 Å². The van der Waals surface area contributed by atoms with Gasteiger partial charge in [0.2, 0.25) is 5.43 Å². The van der Waals surface area contributed by atoms with Crippen LogP contribution in [0.3, 0.4) is 0 Å². The molecule has 3 aromatic rings. The molecule has 2 aromatic carbocycles. The molecule has 3 rings (SSSR count). The summed E-state index contributed by atoms with van der Waals surface area (Å²) in [5.41, 5.74) is -1.88. The number of carboxylic acid groups (broad SMARTS) is 1. The lowest BCUT2D eigenvalue weighted by Gasteiger charge is -2.22. The number of carbonyl (C=O) groups excluding carboxylic acids is 1. The fourth-order valence-corrected chi connectivity index (χ4v) is 4.36. The van der Waals surface area contributed by atoms with Crippen LogP contribution in [-0.4, -0.2) is 27.7 Å². The number of ether oxygens (including phenoxy) is 1. The van der Waals surface area contributed by atoms with Crippen molar-refractivity contribution in [1.82, 2.24) is 4.57 Å². The molecule has 0 amide bonds. The summed E-state index contributed by atoms with van der Waals surface area (Å²) in [6.45, 7) is 4.79. The second kappa shape index (κ2) is 10.7. The summed E-state index contributed by atoms with van der Waals surface area (Å²) in [7, 11) is 0. The number of hydrogen-bond acceptors (Lipinski definition) is 5. The molecule has 0 bridgehead atoms. The molecule has 7 nitrogen and oxygen atoms in total. The van der Waals surface area contributed by atoms with E-state index in [4.69, 9.17) is 44.8 Å². The van der Waals surface area contributed by atoms with Crippen LogP contribution < -0.4 is 5.43 Å². The zero-order valence-corrected chi connectivity index (χ0v) is 21.4. The number of nitrogens with zero attached hydrogens (tertiary/aromatic N) is 2. The fourth-order valence-electron chi connectivity index (χ4n) is 3.84. The number of aromatic nitrogens is 1. The van der Waals surface area contributed by atoms with Crippen LogP contribution in [0, 0.1) is 24.1 Å². The van der Waals surface area contributed by atoms with Crippen molar-refractivity contribution < 1.29 is 23.8 Å². The molecule has 0 saturated heterocycles. The number of pyridine rings is 1. The summed E-state index contributed by atoms with van der Waals surface area (Å²) in [6, 6.07) is 7.99. The van der Waals surface area contributed by atoms with Gasteiger partial charge in [-0.05, 0) is 45.0 Å². The Morgan fingerprint density at radius 1 is 1.17 bits per heavy atom. The number of nitriles is 1. The van der Waals surface area contributed by atoms with Gasteiger partial charge >= 0.3 is 11.9 Å². The molecule has 0 aliphatic rings. The fraction of sp³-hybridized carbons (Fsp3) is 0.200. The van der Waals surface area contributed by atoms with Crippen LogP contribution in [0.5, 0.6) is 0 Å². The van der Waals surface area contributed by atoms with Gasteiger partial charge in [0.25, 0.3) is 0 Å². The van der Waals surface area contributed by atoms with E-state index in [2.05, 4.69) is 0 Å². The summed E-state index contributed by atoms with van der Waals surface area (Å²) in [6.07, 6.45) is -1.11. The van der Waals surface area contributed by atoms with Crippen LogP contribution in [0.15, 0.2) is 35.1 Å². The van der Waals surface area contributed by atoms with Gasteiger partial charge in [-0.1, -0.05) is 40.9 Å². The number of aromatic carboxylic acids is 1. The van der Waals surface area contributed by atoms with E-state index < -0.39 is 34.9 Å². The van der Waals surface area contributed by atoms with Crippen LogP contribution >= 0.6 is 34.8 Å². The lowest BCUT2D eigenvalue weighted by atomic mass is 9.95. The Hall–Kier alpha value is -3.38. The monoisotopic (exact) mass is 550 g/mol. The van der Waals surface area contributed by atoms with Crippen molar-refractivity contribution in [2.75, 3.05) is 0 Å². The lowest BCUT2D eigenvalue weighted by Crippen LogP contribution is -2.25. The van der Waals surface area contributed by atoms with Crippen molar-refractivity contribution in [3.63, 3.8) is 0 Å². The molecule has 1 atom stereocenters. The van der Waals surface area contributed by atoms with Gasteiger partial charge in [0.1, 0.15) is 17.4 Å². The van der Waals surface area contributed by atoms with Crippen molar-refractivity contribution in [2.24, 2.45) is 0 Å². The molecule has 1 N–H and O–H groups in total. The Bertz CT molecular complexity index is 1510. The molecule has 0 radical (unpaired) electrons. The highest BCUT2D eigenvalue weighted by Crippen LogP contribution is 2.35. The van der Waals surface area contributed by atoms with E-state index in [1.807, 2.05) is 0 Å². The maximum absolute atomic E-state index is 15.1. The van der Waals surface area contributed by atoms with Gasteiger partial charge in [0.15, 0.2) is 6.10 Å². The molecule has 0 spiro atoms. The Balaban J connectivity index is 2.40. The minimum Gasteiger partial charge on any atom is -0.477 e. The average Bonchev–Trinajstić information content (AvgIpc) is 2.81. The number of esters is 1. The first kappa shape index (κ1) is 27.2. The van der Waals surface area contributed by atoms with Gasteiger partial charge in [-0.25, -0.2) is 14.0 Å². The first-order valence-corrected chi connectivity index (χ1v) is 11.6. The van der Waals surface area contributed by atoms with Gasteiger partial charge in [-0.3, -0.25) is 4.79 Å². The molecule has 0 saturated carbocycles. The first-order valence-electron chi connectivity index (χ1n) is 10.5. The summed E-state index contributed by atoms with van der Waals surface area (Å²) in [4.78, 5) is 38.4. The lowest BCUT2D eigenvalue weighted by molar-refractivity contribution is 0.0435. The Morgan fingerprint density at radius 2 is 1.83 bits per heavy atom. The molecule has 1 heterocycles. The second-order valence-electron chi connectivity index (χ2n) is 7.68. The SMILES string of the molecule is CCn1c(C)c(-c2cc(C(=O)OC(C)C#N)c(Cl)cc2F)c(=O)c(C(=O)O)c1-c1ccc(Cl)c(Cl)c1. The maximum Gasteiger partial charge on any atom is 0.341 e. The van der Waals surface area contributed by atoms with Crippen LogP contribution in [0.1, 0.15) is 40.3 Å². The van der Waals surface area contributed by atoms with E-state index in [9.17, 15) is 19.5 Å². The van der Waals surface area contributed by atoms with E-state index in [0.717, 1.165) is 12.1 Å². The van der Waals surface area contributed by atoms with E-state index in [0.29, 0.717) is 5.56 Å². The Labute approximate surface area is 220 Å². The molecule has 186 valence electrons. The summed E-state index contributed by atoms with van der Waals surface area (Å²) >= 11 is 18.2. The minimum absolute atomic E-state index is 0.0617. The highest BCUT2D eigenvalue weighted by molar-refractivity contribution is 6.42. The summed E-state index contributed by atoms with van der Waals surface area (Å²) in [5.74, 6) is -3.50. The molecule has 36 heavy (non-hydrogen) atoms. The van der Waals surface area contributed by atoms with Crippen LogP contribution in [-0.2, 0) is 11.3 Å². The van der Waals surface area contributed by atoms with Crippen molar-refractivity contribution in [2.45, 2.75) is 33.4 Å². The molecule has 0 fully saturated rings. The molecular weight excluding hydrogens is 534 g/mol. The zero-order chi connectivity index (χ0) is 26.9. The quantitative estimate of drug-likeness (QED) is 0.356. The predicted octanol–water partition coefficient (Wildman–Crippen LogP) is 6.38. The number of halogens is 4. The van der Waals surface area contributed by atoms with Crippen molar-refractivity contribution >= 4 is 46.7 Å². The van der Waals surface area contributed by atoms with Crippen molar-refractivity contribution in [1.29, 1.82) is 5.26 Å². The van der Waals surface area contributed by atoms with E-state index in [1.54, 1.807) is 13.0 Å². The van der Waals surface area contributed by atoms with E-state index in [-0.39, 0.29) is 49.7 Å². The molecule has 1 aromatic heterocycles. The van der Waals surface area contributed by atoms with Gasteiger partial charge in [-0.2, -0.15) is 5.26 Å². The van der Waals surface area contributed by atoms with Crippen LogP contribution in [0.25, 0.3) is 22.4 Å². The standard InChI is InChI=1S/C25H18Cl3FN2O5/c1-4-31-12(3)20(15-8-14(17(27)9-19(15)29)25(35)36-11(2)10-30)23(32)21(24(33)34)22(31)13-5-6-16(26)18(28)7-13/h5-9,11H,4H2,1-3H3,(H,33,34). The van der Waals surface area contributed by atoms with Gasteiger partial charge in [-0.15, -0.1) is 0 Å². The smallest absolute Gasteiger partial charge is 0.341 e. The summed E-state index contributed by atoms with van der Waals surface area (Å²) in [5, 5.41) is 19.0. The maximum atomic E-state index is 15.1. The van der Waals surface area contributed by atoms with Crippen LogP contribution in [0.4, 0.5) is 4.39 Å². The highest BCUT2D eigenvalue weighted by Gasteiger charge is 2.28. The normalized spacial score (nSPS) is 11.6. The predicted molar refractivity (Wildman–Crippen MR) is 134 cm³/mol. The summed E-state index contributed by atoms with van der Waals surface area (Å²) < 4.78 is 21.6. The number of carbonyl (C=O) groups is 2. The topological polar surface area (TPSA) is 109 Å². The largest absolute Gasteiger partial charge is 0.477 e. The van der Waals surface area contributed by atoms with Gasteiger partial charge in [0.05, 0.1) is 31.9 Å². The Morgan fingerprint density at radius 3 is 2.39 bits per heavy atom. The third-order valence-electron chi connectivity index (χ3n) is 5.46. The molecule has 11 heteroatoms. The number of hydrogen-bond donors (Lipinski definition) is 1. The van der Waals surface area contributed by atoms with E-state index in [1.165, 1.54) is 36.6 Å². The second-order valence-corrected chi connectivity index (χ2v) is 8.90. The molecule has 0 aliphatic carbocycles. The highest BCUT2D eigenvalue weighted by atomic mass is 35.5. The van der Waals surface area contributed by atoms with Crippen molar-refractivity contribution in [3.05, 3.63) is 78.3 Å². The molecule has 0 aliphatic heterocycles. The zero-order valence-electron chi connectivity index (χ0n) is 19.2. The molecular formula is C25H18Cl3FN2O5. The Kier molecular flexibility index (Phi) is 8.09. The number of carboxylic acids is 1. The van der Waals surface area contributed by atoms with Crippen molar-refractivity contribution in [3.8, 4) is 28.5 Å². The number of benzene rings is 2. The minimum atomic E-state index is -1.54. The third-order valence-corrected chi connectivity index (χ3v) is 6.51.